The van der Waals surface area contributed by atoms with E-state index in [9.17, 15) is 4.39 Å². The smallest absolute Gasteiger partial charge is 0.228 e. The van der Waals surface area contributed by atoms with Crippen molar-refractivity contribution in [1.82, 2.24) is 14.9 Å². The molecule has 3 aliphatic rings. The first kappa shape index (κ1) is 28.0. The van der Waals surface area contributed by atoms with E-state index in [2.05, 4.69) is 16.7 Å². The van der Waals surface area contributed by atoms with Crippen LogP contribution in [-0.4, -0.2) is 61.3 Å². The van der Waals surface area contributed by atoms with Crippen molar-refractivity contribution in [3.8, 4) is 11.5 Å². The molecule has 1 saturated heterocycles. The van der Waals surface area contributed by atoms with Crippen LogP contribution in [-0.2, 0) is 6.42 Å². The number of rotatable bonds is 9. The van der Waals surface area contributed by atoms with Crippen LogP contribution in [0.5, 0.6) is 11.5 Å². The fraction of sp³-hybridized carbons (Fsp3) is 0.576. The molecule has 2 aliphatic carbocycles. The van der Waals surface area contributed by atoms with Gasteiger partial charge in [0.2, 0.25) is 5.95 Å². The molecule has 1 aromatic heterocycles. The minimum absolute atomic E-state index is 0.173. The van der Waals surface area contributed by atoms with E-state index >= 15 is 0 Å². The molecule has 1 aliphatic heterocycles. The molecule has 2 saturated carbocycles. The molecule has 0 bridgehead atoms. The summed E-state index contributed by atoms with van der Waals surface area (Å²) < 4.78 is 24.4. The average Bonchev–Trinajstić information content (AvgIpc) is 3.45. The van der Waals surface area contributed by atoms with E-state index in [0.29, 0.717) is 29.3 Å². The number of nitrogens with zero attached hydrogens (tertiary/aromatic N) is 4. The van der Waals surface area contributed by atoms with Gasteiger partial charge in [-0.25, -0.2) is 9.37 Å². The van der Waals surface area contributed by atoms with E-state index in [4.69, 9.17) is 25.2 Å². The SMILES string of the molecule is COc1cc2nc(N3CCN(CCCc4ccc(F)cc4)CC3C3CCC(C4CCC4C)C3)nc(N)c2cc1OC. The summed E-state index contributed by atoms with van der Waals surface area (Å²) in [5, 5.41) is 0.780. The highest BCUT2D eigenvalue weighted by Gasteiger charge is 2.43. The highest BCUT2D eigenvalue weighted by atomic mass is 19.1. The molecule has 3 fully saturated rings. The van der Waals surface area contributed by atoms with Crippen molar-refractivity contribution in [2.24, 2.45) is 23.7 Å². The topological polar surface area (TPSA) is 76.7 Å². The molecular formula is C33H44FN5O2. The van der Waals surface area contributed by atoms with E-state index in [-0.39, 0.29) is 5.82 Å². The third-order valence-electron chi connectivity index (χ3n) is 10.2. The van der Waals surface area contributed by atoms with Crippen LogP contribution in [0.4, 0.5) is 16.2 Å². The second-order valence-corrected chi connectivity index (χ2v) is 12.5. The fourth-order valence-electron chi connectivity index (χ4n) is 7.66. The molecule has 8 heteroatoms. The molecule has 7 nitrogen and oxygen atoms in total. The number of methoxy groups -OCH3 is 2. The second-order valence-electron chi connectivity index (χ2n) is 12.5. The average molecular weight is 562 g/mol. The first-order valence-electron chi connectivity index (χ1n) is 15.4. The molecule has 0 spiro atoms. The van der Waals surface area contributed by atoms with Crippen molar-refractivity contribution in [1.29, 1.82) is 0 Å². The summed E-state index contributed by atoms with van der Waals surface area (Å²) in [5.41, 5.74) is 8.50. The Morgan fingerprint density at radius 3 is 2.41 bits per heavy atom. The number of benzene rings is 2. The first-order valence-corrected chi connectivity index (χ1v) is 15.4. The Balaban J connectivity index is 1.22. The van der Waals surface area contributed by atoms with Gasteiger partial charge >= 0.3 is 0 Å². The zero-order valence-electron chi connectivity index (χ0n) is 24.7. The number of anilines is 2. The van der Waals surface area contributed by atoms with Gasteiger partial charge in [-0.3, -0.25) is 4.90 Å². The van der Waals surface area contributed by atoms with Gasteiger partial charge in [-0.05, 0) is 92.5 Å². The van der Waals surface area contributed by atoms with Crippen LogP contribution in [0.3, 0.4) is 0 Å². The van der Waals surface area contributed by atoms with E-state index in [0.717, 1.165) is 73.6 Å². The van der Waals surface area contributed by atoms with Gasteiger partial charge in [-0.1, -0.05) is 25.5 Å². The van der Waals surface area contributed by atoms with Crippen LogP contribution in [0, 0.1) is 29.5 Å². The molecule has 5 unspecified atom stereocenters. The molecule has 6 rings (SSSR count). The summed E-state index contributed by atoms with van der Waals surface area (Å²) in [5.74, 6) is 5.53. The fourth-order valence-corrected chi connectivity index (χ4v) is 7.66. The molecule has 2 aromatic carbocycles. The third kappa shape index (κ3) is 5.81. The van der Waals surface area contributed by atoms with Crippen molar-refractivity contribution in [2.45, 2.75) is 57.9 Å². The van der Waals surface area contributed by atoms with Gasteiger partial charge < -0.3 is 20.1 Å². The maximum absolute atomic E-state index is 13.3. The van der Waals surface area contributed by atoms with Crippen LogP contribution in [0.15, 0.2) is 36.4 Å². The van der Waals surface area contributed by atoms with Gasteiger partial charge in [0, 0.05) is 37.1 Å². The highest BCUT2D eigenvalue weighted by molar-refractivity contribution is 5.91. The van der Waals surface area contributed by atoms with Crippen molar-refractivity contribution in [3.63, 3.8) is 0 Å². The molecule has 0 radical (unpaired) electrons. The van der Waals surface area contributed by atoms with E-state index in [1.807, 2.05) is 24.3 Å². The molecule has 220 valence electrons. The van der Waals surface area contributed by atoms with E-state index in [1.165, 1.54) is 37.7 Å². The quantitative estimate of drug-likeness (QED) is 0.346. The molecular weight excluding hydrogens is 517 g/mol. The molecule has 0 amide bonds. The Labute approximate surface area is 243 Å². The minimum atomic E-state index is -0.173. The lowest BCUT2D eigenvalue weighted by molar-refractivity contribution is 0.115. The number of hydrogen-bond donors (Lipinski definition) is 1. The van der Waals surface area contributed by atoms with Crippen LogP contribution in [0.1, 0.15) is 51.0 Å². The van der Waals surface area contributed by atoms with Gasteiger partial charge in [0.15, 0.2) is 11.5 Å². The molecule has 41 heavy (non-hydrogen) atoms. The summed E-state index contributed by atoms with van der Waals surface area (Å²) in [6, 6.07) is 11.1. The zero-order chi connectivity index (χ0) is 28.5. The molecule has 2 N–H and O–H groups in total. The first-order chi connectivity index (χ1) is 19.9. The normalized spacial score (nSPS) is 26.7. The second kappa shape index (κ2) is 12.0. The van der Waals surface area contributed by atoms with Gasteiger partial charge in [0.25, 0.3) is 0 Å². The summed E-state index contributed by atoms with van der Waals surface area (Å²) >= 11 is 0. The van der Waals surface area contributed by atoms with Crippen LogP contribution >= 0.6 is 0 Å². The van der Waals surface area contributed by atoms with E-state index in [1.54, 1.807) is 26.4 Å². The minimum Gasteiger partial charge on any atom is -0.493 e. The number of aromatic nitrogens is 2. The Hall–Kier alpha value is -3.13. The summed E-state index contributed by atoms with van der Waals surface area (Å²) in [6.07, 6.45) is 8.73. The maximum atomic E-state index is 13.3. The van der Waals surface area contributed by atoms with Crippen molar-refractivity contribution in [2.75, 3.05) is 51.0 Å². The number of hydrogen-bond acceptors (Lipinski definition) is 7. The number of aryl methyl sites for hydroxylation is 1. The lowest BCUT2D eigenvalue weighted by Gasteiger charge is -2.45. The maximum Gasteiger partial charge on any atom is 0.228 e. The van der Waals surface area contributed by atoms with Crippen LogP contribution < -0.4 is 20.1 Å². The Kier molecular flexibility index (Phi) is 8.20. The van der Waals surface area contributed by atoms with Crippen molar-refractivity contribution in [3.05, 3.63) is 47.8 Å². The van der Waals surface area contributed by atoms with Crippen LogP contribution in [0.2, 0.25) is 0 Å². The number of nitrogens with two attached hydrogens (primary N) is 1. The number of ether oxygens (including phenoxy) is 2. The Morgan fingerprint density at radius 1 is 0.951 bits per heavy atom. The molecule has 2 heterocycles. The third-order valence-corrected chi connectivity index (χ3v) is 10.2. The van der Waals surface area contributed by atoms with Crippen molar-refractivity contribution < 1.29 is 13.9 Å². The number of nitrogen functional groups attached to an aromatic ring is 1. The van der Waals surface area contributed by atoms with Crippen molar-refractivity contribution >= 4 is 22.7 Å². The Morgan fingerprint density at radius 2 is 1.71 bits per heavy atom. The number of halogens is 1. The number of fused-ring (bicyclic) bond motifs is 1. The summed E-state index contributed by atoms with van der Waals surface area (Å²) in [4.78, 5) is 15.0. The highest BCUT2D eigenvalue weighted by Crippen LogP contribution is 2.49. The number of piperazine rings is 1. The van der Waals surface area contributed by atoms with E-state index < -0.39 is 0 Å². The predicted molar refractivity (Wildman–Crippen MR) is 162 cm³/mol. The largest absolute Gasteiger partial charge is 0.493 e. The zero-order valence-corrected chi connectivity index (χ0v) is 24.7. The Bertz CT molecular complexity index is 1350. The molecule has 3 aromatic rings. The van der Waals surface area contributed by atoms with Gasteiger partial charge in [-0.15, -0.1) is 0 Å². The lowest BCUT2D eigenvalue weighted by Crippen LogP contribution is -2.56. The monoisotopic (exact) mass is 561 g/mol. The van der Waals surface area contributed by atoms with Gasteiger partial charge in [-0.2, -0.15) is 4.98 Å². The van der Waals surface area contributed by atoms with Gasteiger partial charge in [0.05, 0.1) is 19.7 Å². The predicted octanol–water partition coefficient (Wildman–Crippen LogP) is 5.95. The van der Waals surface area contributed by atoms with Gasteiger partial charge in [0.1, 0.15) is 11.6 Å². The lowest BCUT2D eigenvalue weighted by atomic mass is 9.67. The molecule has 5 atom stereocenters. The van der Waals surface area contributed by atoms with Crippen LogP contribution in [0.25, 0.3) is 10.9 Å². The summed E-state index contributed by atoms with van der Waals surface area (Å²) in [6.45, 7) is 6.32. The summed E-state index contributed by atoms with van der Waals surface area (Å²) in [7, 11) is 3.26. The standard InChI is InChI=1S/C33H44FN5O2/c1-21-6-13-26(21)23-9-10-24(17-23)29-20-38(14-4-5-22-7-11-25(34)12-8-22)15-16-39(29)33-36-28-19-31(41-3)30(40-2)18-27(28)32(35)37-33/h7-8,11-12,18-19,21,23-24,26,29H,4-6,9-10,13-17,20H2,1-3H3,(H2,35,36,37).